The Bertz CT molecular complexity index is 347. The summed E-state index contributed by atoms with van der Waals surface area (Å²) >= 11 is 0. The van der Waals surface area contributed by atoms with Gasteiger partial charge in [-0.15, -0.1) is 0 Å². The summed E-state index contributed by atoms with van der Waals surface area (Å²) in [5, 5.41) is 0. The Morgan fingerprint density at radius 2 is 2.36 bits per heavy atom. The van der Waals surface area contributed by atoms with Gasteiger partial charge in [0.1, 0.15) is 5.75 Å². The Hall–Kier alpha value is -1.58. The highest BCUT2D eigenvalue weighted by atomic mass is 16.5. The molecule has 2 rings (SSSR count). The number of nitrogens with zero attached hydrogens (tertiary/aromatic N) is 1. The van der Waals surface area contributed by atoms with E-state index in [2.05, 4.69) is 4.98 Å². The number of carbonyl (C=O) groups is 1. The molecular weight excluding hydrogens is 182 g/mol. The van der Waals surface area contributed by atoms with E-state index in [9.17, 15) is 4.79 Å². The number of hydrogen-bond acceptors (Lipinski definition) is 4. The molecule has 4 heteroatoms. The summed E-state index contributed by atoms with van der Waals surface area (Å²) in [4.78, 5) is 14.7. The fourth-order valence-corrected chi connectivity index (χ4v) is 1.11. The Morgan fingerprint density at radius 3 is 2.93 bits per heavy atom. The van der Waals surface area contributed by atoms with Crippen molar-refractivity contribution in [3.63, 3.8) is 0 Å². The first-order valence-electron chi connectivity index (χ1n) is 4.49. The van der Waals surface area contributed by atoms with Gasteiger partial charge in [0.05, 0.1) is 25.0 Å². The van der Waals surface area contributed by atoms with Crippen LogP contribution in [0.25, 0.3) is 0 Å². The summed E-state index contributed by atoms with van der Waals surface area (Å²) < 4.78 is 10.4. The second-order valence-corrected chi connectivity index (χ2v) is 3.20. The fourth-order valence-electron chi connectivity index (χ4n) is 1.11. The molecule has 1 aromatic rings. The van der Waals surface area contributed by atoms with Gasteiger partial charge in [-0.2, -0.15) is 0 Å². The molecule has 0 aromatic carbocycles. The van der Waals surface area contributed by atoms with Crippen LogP contribution in [0.5, 0.6) is 11.6 Å². The standard InChI is InChI=1S/C10H11NO3/c1-13-10-4-7(6-12)9(5-11-10)14-8-2-3-8/h4-6,8H,2-3H2,1H3. The molecule has 1 aliphatic carbocycles. The van der Waals surface area contributed by atoms with Crippen molar-refractivity contribution < 1.29 is 14.3 Å². The van der Waals surface area contributed by atoms with Crippen LogP contribution >= 0.6 is 0 Å². The zero-order valence-corrected chi connectivity index (χ0v) is 7.90. The van der Waals surface area contributed by atoms with Crippen molar-refractivity contribution >= 4 is 6.29 Å². The van der Waals surface area contributed by atoms with Crippen molar-refractivity contribution in [2.24, 2.45) is 0 Å². The molecule has 0 saturated heterocycles. The van der Waals surface area contributed by atoms with E-state index in [1.165, 1.54) is 13.3 Å². The lowest BCUT2D eigenvalue weighted by Gasteiger charge is -2.07. The van der Waals surface area contributed by atoms with Crippen LogP contribution in [-0.4, -0.2) is 24.5 Å². The Labute approximate surface area is 81.9 Å². The first-order valence-corrected chi connectivity index (χ1v) is 4.49. The molecule has 0 radical (unpaired) electrons. The zero-order valence-electron chi connectivity index (χ0n) is 7.90. The number of ether oxygens (including phenoxy) is 2. The predicted molar refractivity (Wildman–Crippen MR) is 49.8 cm³/mol. The molecule has 1 aliphatic rings. The normalized spacial score (nSPS) is 14.9. The third kappa shape index (κ3) is 1.84. The lowest BCUT2D eigenvalue weighted by Crippen LogP contribution is -2.00. The third-order valence-corrected chi connectivity index (χ3v) is 2.03. The summed E-state index contributed by atoms with van der Waals surface area (Å²) in [7, 11) is 1.51. The van der Waals surface area contributed by atoms with Gasteiger partial charge in [-0.25, -0.2) is 4.98 Å². The van der Waals surface area contributed by atoms with Gasteiger partial charge >= 0.3 is 0 Å². The Balaban J connectivity index is 2.23. The first kappa shape index (κ1) is 8.99. The van der Waals surface area contributed by atoms with E-state index in [1.807, 2.05) is 0 Å². The lowest BCUT2D eigenvalue weighted by molar-refractivity contribution is 0.111. The largest absolute Gasteiger partial charge is 0.488 e. The number of hydrogen-bond donors (Lipinski definition) is 0. The van der Waals surface area contributed by atoms with E-state index in [0.717, 1.165) is 19.1 Å². The fraction of sp³-hybridized carbons (Fsp3) is 0.400. The molecule has 1 fully saturated rings. The molecule has 1 heterocycles. The van der Waals surface area contributed by atoms with Crippen molar-refractivity contribution in [1.29, 1.82) is 0 Å². The molecule has 1 aromatic heterocycles. The highest BCUT2D eigenvalue weighted by Crippen LogP contribution is 2.29. The monoisotopic (exact) mass is 193 g/mol. The maximum absolute atomic E-state index is 10.7. The van der Waals surface area contributed by atoms with E-state index in [1.54, 1.807) is 6.07 Å². The van der Waals surface area contributed by atoms with Crippen molar-refractivity contribution in [2.75, 3.05) is 7.11 Å². The van der Waals surface area contributed by atoms with Gasteiger partial charge in [0.15, 0.2) is 6.29 Å². The summed E-state index contributed by atoms with van der Waals surface area (Å²) in [5.74, 6) is 0.971. The molecule has 1 saturated carbocycles. The molecule has 0 amide bonds. The number of methoxy groups -OCH3 is 1. The molecule has 0 bridgehead atoms. The van der Waals surface area contributed by atoms with Gasteiger partial charge < -0.3 is 9.47 Å². The van der Waals surface area contributed by atoms with Crippen LogP contribution < -0.4 is 9.47 Å². The minimum absolute atomic E-state index is 0.267. The van der Waals surface area contributed by atoms with Crippen LogP contribution in [0, 0.1) is 0 Å². The summed E-state index contributed by atoms with van der Waals surface area (Å²) in [6.07, 6.45) is 4.67. The van der Waals surface area contributed by atoms with Crippen LogP contribution in [-0.2, 0) is 0 Å². The van der Waals surface area contributed by atoms with Crippen molar-refractivity contribution in [3.8, 4) is 11.6 Å². The second kappa shape index (κ2) is 3.65. The summed E-state index contributed by atoms with van der Waals surface area (Å²) in [6, 6.07) is 1.57. The van der Waals surface area contributed by atoms with Crippen LogP contribution in [0.15, 0.2) is 12.3 Å². The molecule has 0 unspecified atom stereocenters. The van der Waals surface area contributed by atoms with Crippen molar-refractivity contribution in [2.45, 2.75) is 18.9 Å². The van der Waals surface area contributed by atoms with E-state index in [4.69, 9.17) is 9.47 Å². The molecular formula is C10H11NO3. The molecule has 0 spiro atoms. The summed E-state index contributed by atoms with van der Waals surface area (Å²) in [5.41, 5.74) is 0.490. The van der Waals surface area contributed by atoms with Crippen LogP contribution in [0.4, 0.5) is 0 Å². The average Bonchev–Trinajstić information content (AvgIpc) is 3.02. The van der Waals surface area contributed by atoms with Gasteiger partial charge in [-0.3, -0.25) is 4.79 Å². The van der Waals surface area contributed by atoms with Gasteiger partial charge in [0.2, 0.25) is 5.88 Å². The number of carbonyl (C=O) groups excluding carboxylic acids is 1. The van der Waals surface area contributed by atoms with E-state index >= 15 is 0 Å². The highest BCUT2D eigenvalue weighted by molar-refractivity contribution is 5.79. The average molecular weight is 193 g/mol. The zero-order chi connectivity index (χ0) is 9.97. The topological polar surface area (TPSA) is 48.4 Å². The SMILES string of the molecule is COc1cc(C=O)c(OC2CC2)cn1. The van der Waals surface area contributed by atoms with Crippen LogP contribution in [0.2, 0.25) is 0 Å². The van der Waals surface area contributed by atoms with Crippen LogP contribution in [0.3, 0.4) is 0 Å². The van der Waals surface area contributed by atoms with Gasteiger partial charge in [0, 0.05) is 6.07 Å². The minimum Gasteiger partial charge on any atom is -0.488 e. The van der Waals surface area contributed by atoms with E-state index in [-0.39, 0.29) is 6.10 Å². The quantitative estimate of drug-likeness (QED) is 0.679. The predicted octanol–water partition coefficient (Wildman–Crippen LogP) is 1.44. The van der Waals surface area contributed by atoms with Gasteiger partial charge in [-0.05, 0) is 12.8 Å². The van der Waals surface area contributed by atoms with Gasteiger partial charge in [-0.1, -0.05) is 0 Å². The maximum atomic E-state index is 10.7. The van der Waals surface area contributed by atoms with Crippen LogP contribution in [0.1, 0.15) is 23.2 Å². The molecule has 14 heavy (non-hydrogen) atoms. The highest BCUT2D eigenvalue weighted by Gasteiger charge is 2.24. The van der Waals surface area contributed by atoms with Gasteiger partial charge in [0.25, 0.3) is 0 Å². The number of aldehydes is 1. The minimum atomic E-state index is 0.267. The molecule has 0 N–H and O–H groups in total. The summed E-state index contributed by atoms with van der Waals surface area (Å²) in [6.45, 7) is 0. The molecule has 0 atom stereocenters. The Kier molecular flexibility index (Phi) is 2.35. The lowest BCUT2D eigenvalue weighted by atomic mass is 10.2. The maximum Gasteiger partial charge on any atom is 0.213 e. The molecule has 0 aliphatic heterocycles. The number of rotatable bonds is 4. The first-order chi connectivity index (χ1) is 6.83. The van der Waals surface area contributed by atoms with E-state index in [0.29, 0.717) is 17.2 Å². The smallest absolute Gasteiger partial charge is 0.213 e. The second-order valence-electron chi connectivity index (χ2n) is 3.20. The molecule has 74 valence electrons. The Morgan fingerprint density at radius 1 is 1.57 bits per heavy atom. The third-order valence-electron chi connectivity index (χ3n) is 2.03. The number of aromatic nitrogens is 1. The molecule has 4 nitrogen and oxygen atoms in total. The van der Waals surface area contributed by atoms with Crippen molar-refractivity contribution in [3.05, 3.63) is 17.8 Å². The van der Waals surface area contributed by atoms with Crippen molar-refractivity contribution in [1.82, 2.24) is 4.98 Å². The van der Waals surface area contributed by atoms with E-state index < -0.39 is 0 Å². The number of pyridine rings is 1.